The lowest BCUT2D eigenvalue weighted by molar-refractivity contribution is -0.131. The second-order valence-corrected chi connectivity index (χ2v) is 5.78. The van der Waals surface area contributed by atoms with Crippen LogP contribution in [0.15, 0.2) is 18.2 Å². The molecule has 0 aromatic heterocycles. The van der Waals surface area contributed by atoms with E-state index < -0.39 is 0 Å². The van der Waals surface area contributed by atoms with Crippen LogP contribution in [-0.2, 0) is 17.6 Å². The number of anilines is 1. The highest BCUT2D eigenvalue weighted by molar-refractivity contribution is 5.77. The smallest absolute Gasteiger partial charge is 0.224 e. The zero-order valence-electron chi connectivity index (χ0n) is 13.5. The van der Waals surface area contributed by atoms with E-state index in [-0.39, 0.29) is 0 Å². The number of benzene rings is 1. The normalized spacial score (nSPS) is 15.0. The summed E-state index contributed by atoms with van der Waals surface area (Å²) in [6.45, 7) is 6.99. The Morgan fingerprint density at radius 3 is 2.29 bits per heavy atom. The van der Waals surface area contributed by atoms with Crippen molar-refractivity contribution in [3.8, 4) is 0 Å². The maximum absolute atomic E-state index is 12.2. The van der Waals surface area contributed by atoms with Crippen LogP contribution in [0.4, 0.5) is 5.69 Å². The lowest BCUT2D eigenvalue weighted by atomic mass is 10.0. The lowest BCUT2D eigenvalue weighted by Crippen LogP contribution is -2.36. The number of nitrogens with zero attached hydrogens (tertiary/aromatic N) is 1. The van der Waals surface area contributed by atoms with Crippen molar-refractivity contribution in [2.75, 3.05) is 25.0 Å². The first kappa shape index (κ1) is 15.9. The van der Waals surface area contributed by atoms with Gasteiger partial charge in [0.25, 0.3) is 0 Å². The van der Waals surface area contributed by atoms with E-state index in [1.165, 1.54) is 23.2 Å². The van der Waals surface area contributed by atoms with Crippen LogP contribution in [0.2, 0.25) is 0 Å². The van der Waals surface area contributed by atoms with Crippen LogP contribution < -0.4 is 5.32 Å². The fourth-order valence-corrected chi connectivity index (χ4v) is 3.07. The molecule has 1 N–H and O–H groups in total. The number of nitrogens with one attached hydrogen (secondary N) is 1. The van der Waals surface area contributed by atoms with E-state index in [0.29, 0.717) is 12.3 Å². The van der Waals surface area contributed by atoms with Crippen LogP contribution in [0.3, 0.4) is 0 Å². The van der Waals surface area contributed by atoms with Crippen molar-refractivity contribution in [3.05, 3.63) is 29.3 Å². The monoisotopic (exact) mass is 288 g/mol. The highest BCUT2D eigenvalue weighted by atomic mass is 16.2. The summed E-state index contributed by atoms with van der Waals surface area (Å²) in [5, 5.41) is 3.51. The van der Waals surface area contributed by atoms with Gasteiger partial charge in [-0.25, -0.2) is 0 Å². The van der Waals surface area contributed by atoms with E-state index in [1.807, 2.05) is 4.90 Å². The van der Waals surface area contributed by atoms with E-state index in [0.717, 1.165) is 45.3 Å². The molecule has 0 radical (unpaired) electrons. The molecule has 1 heterocycles. The average molecular weight is 288 g/mol. The number of para-hydroxylation sites is 1. The van der Waals surface area contributed by atoms with Crippen LogP contribution in [0, 0.1) is 0 Å². The molecule has 0 atom stereocenters. The van der Waals surface area contributed by atoms with Crippen LogP contribution in [-0.4, -0.2) is 30.4 Å². The topological polar surface area (TPSA) is 32.3 Å². The Morgan fingerprint density at radius 2 is 1.71 bits per heavy atom. The van der Waals surface area contributed by atoms with Crippen LogP contribution >= 0.6 is 0 Å². The second-order valence-electron chi connectivity index (χ2n) is 5.78. The number of amides is 1. The quantitative estimate of drug-likeness (QED) is 0.867. The Labute approximate surface area is 128 Å². The van der Waals surface area contributed by atoms with Gasteiger partial charge in [0.1, 0.15) is 0 Å². The molecule has 0 unspecified atom stereocenters. The molecule has 0 saturated carbocycles. The molecule has 116 valence electrons. The van der Waals surface area contributed by atoms with Crippen molar-refractivity contribution in [2.24, 2.45) is 0 Å². The molecular weight excluding hydrogens is 260 g/mol. The summed E-state index contributed by atoms with van der Waals surface area (Å²) < 4.78 is 0. The molecule has 2 rings (SSSR count). The third-order valence-electron chi connectivity index (χ3n) is 4.35. The summed E-state index contributed by atoms with van der Waals surface area (Å²) in [4.78, 5) is 14.2. The van der Waals surface area contributed by atoms with Gasteiger partial charge in [0.2, 0.25) is 5.91 Å². The molecule has 21 heavy (non-hydrogen) atoms. The van der Waals surface area contributed by atoms with Crippen LogP contribution in [0.5, 0.6) is 0 Å². The number of hydrogen-bond donors (Lipinski definition) is 1. The zero-order chi connectivity index (χ0) is 15.1. The van der Waals surface area contributed by atoms with E-state index in [4.69, 9.17) is 0 Å². The third-order valence-corrected chi connectivity index (χ3v) is 4.35. The summed E-state index contributed by atoms with van der Waals surface area (Å²) in [5.74, 6) is 0.300. The molecule has 1 aliphatic rings. The van der Waals surface area contributed by atoms with Gasteiger partial charge >= 0.3 is 0 Å². The summed E-state index contributed by atoms with van der Waals surface area (Å²) in [6.07, 6.45) is 6.25. The summed E-state index contributed by atoms with van der Waals surface area (Å²) in [7, 11) is 0. The number of carbonyl (C=O) groups is 1. The van der Waals surface area contributed by atoms with E-state index in [1.54, 1.807) is 0 Å². The standard InChI is InChI=1S/C18H28N2O/c1-3-15-9-8-10-16(4-2)18(15)19-12-11-17(21)20-13-6-5-7-14-20/h8-10,19H,3-7,11-14H2,1-2H3. The molecule has 1 aromatic rings. The van der Waals surface area contributed by atoms with Gasteiger partial charge in [-0.05, 0) is 43.2 Å². The largest absolute Gasteiger partial charge is 0.384 e. The Morgan fingerprint density at radius 1 is 1.10 bits per heavy atom. The second kappa shape index (κ2) is 8.06. The number of hydrogen-bond acceptors (Lipinski definition) is 2. The van der Waals surface area contributed by atoms with E-state index >= 15 is 0 Å². The number of aryl methyl sites for hydroxylation is 2. The molecule has 3 heteroatoms. The third kappa shape index (κ3) is 4.23. The Kier molecular flexibility index (Phi) is 6.09. The molecule has 1 aliphatic heterocycles. The fourth-order valence-electron chi connectivity index (χ4n) is 3.07. The Hall–Kier alpha value is -1.51. The minimum absolute atomic E-state index is 0.300. The van der Waals surface area contributed by atoms with Crippen molar-refractivity contribution in [2.45, 2.75) is 52.4 Å². The van der Waals surface area contributed by atoms with Crippen molar-refractivity contribution in [1.82, 2.24) is 4.90 Å². The first-order valence-corrected chi connectivity index (χ1v) is 8.38. The average Bonchev–Trinajstić information content (AvgIpc) is 2.55. The minimum Gasteiger partial charge on any atom is -0.384 e. The molecule has 1 amide bonds. The number of carbonyl (C=O) groups excluding carboxylic acids is 1. The van der Waals surface area contributed by atoms with Gasteiger partial charge in [0.15, 0.2) is 0 Å². The molecule has 0 bridgehead atoms. The Bertz CT molecular complexity index is 442. The van der Waals surface area contributed by atoms with Gasteiger partial charge in [0, 0.05) is 31.7 Å². The van der Waals surface area contributed by atoms with Crippen LogP contribution in [0.25, 0.3) is 0 Å². The SMILES string of the molecule is CCc1cccc(CC)c1NCCC(=O)N1CCCCC1. The van der Waals surface area contributed by atoms with E-state index in [2.05, 4.69) is 37.4 Å². The van der Waals surface area contributed by atoms with Gasteiger partial charge in [0.05, 0.1) is 0 Å². The maximum atomic E-state index is 12.2. The van der Waals surface area contributed by atoms with Crippen molar-refractivity contribution >= 4 is 11.6 Å². The maximum Gasteiger partial charge on any atom is 0.224 e. The van der Waals surface area contributed by atoms with Gasteiger partial charge in [-0.15, -0.1) is 0 Å². The zero-order valence-corrected chi connectivity index (χ0v) is 13.5. The summed E-state index contributed by atoms with van der Waals surface area (Å²) in [5.41, 5.74) is 3.94. The number of likely N-dealkylation sites (tertiary alicyclic amines) is 1. The fraction of sp³-hybridized carbons (Fsp3) is 0.611. The summed E-state index contributed by atoms with van der Waals surface area (Å²) in [6, 6.07) is 6.48. The molecule has 1 saturated heterocycles. The number of rotatable bonds is 6. The highest BCUT2D eigenvalue weighted by Gasteiger charge is 2.16. The molecule has 1 aromatic carbocycles. The van der Waals surface area contributed by atoms with Gasteiger partial charge in [-0.2, -0.15) is 0 Å². The van der Waals surface area contributed by atoms with Crippen LogP contribution in [0.1, 0.15) is 50.7 Å². The van der Waals surface area contributed by atoms with Gasteiger partial charge in [-0.1, -0.05) is 32.0 Å². The van der Waals surface area contributed by atoms with Gasteiger partial charge in [-0.3, -0.25) is 4.79 Å². The van der Waals surface area contributed by atoms with Gasteiger partial charge < -0.3 is 10.2 Å². The number of piperidine rings is 1. The predicted octanol–water partition coefficient (Wildman–Crippen LogP) is 3.63. The van der Waals surface area contributed by atoms with E-state index in [9.17, 15) is 4.79 Å². The lowest BCUT2D eigenvalue weighted by Gasteiger charge is -2.27. The molecule has 0 spiro atoms. The minimum atomic E-state index is 0.300. The first-order chi connectivity index (χ1) is 10.3. The van der Waals surface area contributed by atoms with Crippen molar-refractivity contribution in [3.63, 3.8) is 0 Å². The summed E-state index contributed by atoms with van der Waals surface area (Å²) >= 11 is 0. The first-order valence-electron chi connectivity index (χ1n) is 8.38. The molecule has 3 nitrogen and oxygen atoms in total. The molecular formula is C18H28N2O. The Balaban J connectivity index is 1.89. The molecule has 0 aliphatic carbocycles. The molecule has 1 fully saturated rings. The van der Waals surface area contributed by atoms with Crippen molar-refractivity contribution < 1.29 is 4.79 Å². The highest BCUT2D eigenvalue weighted by Crippen LogP contribution is 2.22. The predicted molar refractivity (Wildman–Crippen MR) is 88.7 cm³/mol. The van der Waals surface area contributed by atoms with Crippen molar-refractivity contribution in [1.29, 1.82) is 0 Å².